The van der Waals surface area contributed by atoms with Gasteiger partial charge in [-0.05, 0) is 43.4 Å². The maximum absolute atomic E-state index is 12.1. The number of halogens is 1. The molecule has 0 saturated heterocycles. The molecule has 1 fully saturated rings. The number of hydrogen-bond acceptors (Lipinski definition) is 3. The van der Waals surface area contributed by atoms with E-state index in [0.717, 1.165) is 12.8 Å². The molecule has 0 bridgehead atoms. The molecule has 1 aliphatic carbocycles. The molecule has 4 nitrogen and oxygen atoms in total. The molecule has 0 heterocycles. The molecule has 0 amide bonds. The van der Waals surface area contributed by atoms with Crippen molar-refractivity contribution in [2.45, 2.75) is 31.1 Å². The van der Waals surface area contributed by atoms with Crippen molar-refractivity contribution in [1.29, 1.82) is 0 Å². The van der Waals surface area contributed by atoms with Crippen molar-refractivity contribution < 1.29 is 8.42 Å². The van der Waals surface area contributed by atoms with E-state index < -0.39 is 10.0 Å². The van der Waals surface area contributed by atoms with Crippen LogP contribution in [0.1, 0.15) is 24.8 Å². The van der Waals surface area contributed by atoms with Gasteiger partial charge >= 0.3 is 0 Å². The van der Waals surface area contributed by atoms with Gasteiger partial charge in [-0.1, -0.05) is 18.0 Å². The second-order valence-corrected chi connectivity index (χ2v) is 6.94. The van der Waals surface area contributed by atoms with Crippen LogP contribution in [0.3, 0.4) is 0 Å². The van der Waals surface area contributed by atoms with Crippen LogP contribution in [0.4, 0.5) is 5.69 Å². The van der Waals surface area contributed by atoms with Gasteiger partial charge in [-0.3, -0.25) is 0 Å². The summed E-state index contributed by atoms with van der Waals surface area (Å²) in [5.74, 6) is 0.470. The summed E-state index contributed by atoms with van der Waals surface area (Å²) >= 11 is 5.95. The summed E-state index contributed by atoms with van der Waals surface area (Å²) in [4.78, 5) is 0.134. The topological polar surface area (TPSA) is 72.2 Å². The largest absolute Gasteiger partial charge is 0.398 e. The van der Waals surface area contributed by atoms with Gasteiger partial charge in [0.1, 0.15) is 0 Å². The Hall–Kier alpha value is -0.780. The van der Waals surface area contributed by atoms with E-state index in [1.807, 2.05) is 0 Å². The Kier molecular flexibility index (Phi) is 3.84. The fourth-order valence-electron chi connectivity index (χ4n) is 1.84. The van der Waals surface area contributed by atoms with Crippen LogP contribution in [-0.4, -0.2) is 15.0 Å². The highest BCUT2D eigenvalue weighted by molar-refractivity contribution is 7.89. The van der Waals surface area contributed by atoms with Gasteiger partial charge in [-0.25, -0.2) is 13.1 Å². The van der Waals surface area contributed by atoms with Crippen molar-refractivity contribution in [3.8, 4) is 0 Å². The van der Waals surface area contributed by atoms with E-state index in [-0.39, 0.29) is 4.90 Å². The predicted molar refractivity (Wildman–Crippen MR) is 73.1 cm³/mol. The second kappa shape index (κ2) is 5.07. The van der Waals surface area contributed by atoms with Crippen molar-refractivity contribution >= 4 is 27.3 Å². The first kappa shape index (κ1) is 13.6. The summed E-state index contributed by atoms with van der Waals surface area (Å²) in [5, 5.41) is 0.374. The number of hydrogen-bond donors (Lipinski definition) is 2. The molecule has 0 atom stereocenters. The Morgan fingerprint density at radius 3 is 2.61 bits per heavy atom. The Bertz CT molecular complexity index is 530. The molecule has 3 N–H and O–H groups in total. The molecule has 0 aromatic heterocycles. The molecule has 1 aromatic rings. The maximum atomic E-state index is 12.1. The lowest BCUT2D eigenvalue weighted by Gasteiger charge is -2.25. The first-order valence-electron chi connectivity index (χ1n) is 5.95. The predicted octanol–water partition coefficient (Wildman–Crippen LogP) is 2.31. The average Bonchev–Trinajstić information content (AvgIpc) is 2.22. The van der Waals surface area contributed by atoms with E-state index in [1.54, 1.807) is 6.92 Å². The number of rotatable bonds is 4. The van der Waals surface area contributed by atoms with E-state index in [1.165, 1.54) is 18.6 Å². The quantitative estimate of drug-likeness (QED) is 0.835. The summed E-state index contributed by atoms with van der Waals surface area (Å²) in [6.45, 7) is 2.25. The van der Waals surface area contributed by atoms with E-state index in [0.29, 0.717) is 28.7 Å². The van der Waals surface area contributed by atoms with Crippen molar-refractivity contribution in [1.82, 2.24) is 4.72 Å². The highest BCUT2D eigenvalue weighted by Gasteiger charge is 2.22. The highest BCUT2D eigenvalue weighted by Crippen LogP contribution is 2.28. The standard InChI is InChI=1S/C12H17ClN2O2S/c1-8-11(13)5-10(6-12(8)14)18(16,17)15-7-9-3-2-4-9/h5-6,9,15H,2-4,7,14H2,1H3. The van der Waals surface area contributed by atoms with Crippen LogP contribution in [-0.2, 0) is 10.0 Å². The van der Waals surface area contributed by atoms with E-state index in [2.05, 4.69) is 4.72 Å². The van der Waals surface area contributed by atoms with Crippen LogP contribution in [0, 0.1) is 12.8 Å². The molecular formula is C12H17ClN2O2S. The van der Waals surface area contributed by atoms with E-state index in [4.69, 9.17) is 17.3 Å². The second-order valence-electron chi connectivity index (χ2n) is 4.77. The smallest absolute Gasteiger partial charge is 0.240 e. The van der Waals surface area contributed by atoms with Crippen LogP contribution >= 0.6 is 11.6 Å². The van der Waals surface area contributed by atoms with E-state index >= 15 is 0 Å². The third kappa shape index (κ3) is 2.79. The molecular weight excluding hydrogens is 272 g/mol. The average molecular weight is 289 g/mol. The summed E-state index contributed by atoms with van der Waals surface area (Å²) < 4.78 is 26.7. The number of nitrogens with two attached hydrogens (primary N) is 1. The minimum Gasteiger partial charge on any atom is -0.398 e. The number of benzene rings is 1. The molecule has 2 rings (SSSR count). The Morgan fingerprint density at radius 2 is 2.11 bits per heavy atom. The third-order valence-electron chi connectivity index (χ3n) is 3.46. The van der Waals surface area contributed by atoms with E-state index in [9.17, 15) is 8.42 Å². The molecule has 6 heteroatoms. The van der Waals surface area contributed by atoms with Gasteiger partial charge in [0, 0.05) is 17.3 Å². The van der Waals surface area contributed by atoms with Gasteiger partial charge in [-0.2, -0.15) is 0 Å². The normalized spacial score (nSPS) is 16.6. The fourth-order valence-corrected chi connectivity index (χ4v) is 3.31. The van der Waals surface area contributed by atoms with Gasteiger partial charge in [-0.15, -0.1) is 0 Å². The zero-order chi connectivity index (χ0) is 13.3. The Labute approximate surface area is 113 Å². The molecule has 0 aliphatic heterocycles. The molecule has 100 valence electrons. The summed E-state index contributed by atoms with van der Waals surface area (Å²) in [6, 6.07) is 2.89. The minimum absolute atomic E-state index is 0.134. The lowest BCUT2D eigenvalue weighted by atomic mass is 9.86. The lowest BCUT2D eigenvalue weighted by Crippen LogP contribution is -2.32. The van der Waals surface area contributed by atoms with Crippen molar-refractivity contribution in [3.05, 3.63) is 22.7 Å². The number of anilines is 1. The van der Waals surface area contributed by atoms with Gasteiger partial charge in [0.2, 0.25) is 10.0 Å². The number of sulfonamides is 1. The molecule has 1 aliphatic rings. The monoisotopic (exact) mass is 288 g/mol. The molecule has 1 saturated carbocycles. The molecule has 18 heavy (non-hydrogen) atoms. The minimum atomic E-state index is -3.51. The Balaban J connectivity index is 2.18. The molecule has 0 unspecified atom stereocenters. The van der Waals surface area contributed by atoms with Gasteiger partial charge in [0.15, 0.2) is 0 Å². The van der Waals surface area contributed by atoms with Crippen LogP contribution in [0.5, 0.6) is 0 Å². The summed E-state index contributed by atoms with van der Waals surface area (Å²) in [7, 11) is -3.51. The first-order chi connectivity index (χ1) is 8.40. The maximum Gasteiger partial charge on any atom is 0.240 e. The van der Waals surface area contributed by atoms with Crippen LogP contribution in [0.25, 0.3) is 0 Å². The summed E-state index contributed by atoms with van der Waals surface area (Å²) in [5.41, 5.74) is 6.83. The molecule has 0 radical (unpaired) electrons. The molecule has 1 aromatic carbocycles. The van der Waals surface area contributed by atoms with Crippen LogP contribution in [0.15, 0.2) is 17.0 Å². The number of nitrogens with one attached hydrogen (secondary N) is 1. The van der Waals surface area contributed by atoms with Crippen molar-refractivity contribution in [2.24, 2.45) is 5.92 Å². The van der Waals surface area contributed by atoms with Gasteiger partial charge in [0.25, 0.3) is 0 Å². The number of nitrogen functional groups attached to an aromatic ring is 1. The first-order valence-corrected chi connectivity index (χ1v) is 7.81. The van der Waals surface area contributed by atoms with Crippen LogP contribution < -0.4 is 10.5 Å². The van der Waals surface area contributed by atoms with Crippen LogP contribution in [0.2, 0.25) is 5.02 Å². The lowest BCUT2D eigenvalue weighted by molar-refractivity contribution is 0.316. The third-order valence-corrected chi connectivity index (χ3v) is 5.25. The summed E-state index contributed by atoms with van der Waals surface area (Å²) in [6.07, 6.45) is 3.38. The highest BCUT2D eigenvalue weighted by atomic mass is 35.5. The van der Waals surface area contributed by atoms with Crippen molar-refractivity contribution in [3.63, 3.8) is 0 Å². The SMILES string of the molecule is Cc1c(N)cc(S(=O)(=O)NCC2CCC2)cc1Cl. The zero-order valence-corrected chi connectivity index (χ0v) is 11.8. The van der Waals surface area contributed by atoms with Gasteiger partial charge in [0.05, 0.1) is 4.90 Å². The van der Waals surface area contributed by atoms with Crippen molar-refractivity contribution in [2.75, 3.05) is 12.3 Å². The van der Waals surface area contributed by atoms with Gasteiger partial charge < -0.3 is 5.73 Å². The molecule has 0 spiro atoms. The fraction of sp³-hybridized carbons (Fsp3) is 0.500. The Morgan fingerprint density at radius 1 is 1.44 bits per heavy atom. The zero-order valence-electron chi connectivity index (χ0n) is 10.2.